The first-order valence-electron chi connectivity index (χ1n) is 16.9. The van der Waals surface area contributed by atoms with E-state index in [1.54, 1.807) is 28.4 Å². The summed E-state index contributed by atoms with van der Waals surface area (Å²) < 4.78 is 35.3. The molecule has 0 aliphatic carbocycles. The van der Waals surface area contributed by atoms with E-state index >= 15 is 0 Å². The summed E-state index contributed by atoms with van der Waals surface area (Å²) in [7, 11) is 6.37. The second-order valence-electron chi connectivity index (χ2n) is 12.2. The third-order valence-electron chi connectivity index (χ3n) is 9.09. The van der Waals surface area contributed by atoms with Crippen molar-refractivity contribution in [2.75, 3.05) is 64.7 Å². The lowest BCUT2D eigenvalue weighted by molar-refractivity contribution is 0.122. The van der Waals surface area contributed by atoms with Gasteiger partial charge in [0, 0.05) is 29.5 Å². The van der Waals surface area contributed by atoms with Gasteiger partial charge in [-0.2, -0.15) is 15.3 Å². The molecule has 53 heavy (non-hydrogen) atoms. The Morgan fingerprint density at radius 3 is 1.94 bits per heavy atom. The van der Waals surface area contributed by atoms with E-state index in [2.05, 4.69) is 26.9 Å². The molecule has 270 valence electrons. The summed E-state index contributed by atoms with van der Waals surface area (Å²) >= 11 is 3.47. The van der Waals surface area contributed by atoms with Crippen molar-refractivity contribution < 1.29 is 28.4 Å². The number of anilines is 2. The number of hydrogen-bond acceptors (Lipinski definition) is 12. The van der Waals surface area contributed by atoms with Gasteiger partial charge in [0.25, 0.3) is 0 Å². The summed E-state index contributed by atoms with van der Waals surface area (Å²) in [6.45, 7) is 2.19. The van der Waals surface area contributed by atoms with Crippen molar-refractivity contribution in [1.82, 2.24) is 9.97 Å². The lowest BCUT2D eigenvalue weighted by Gasteiger charge is -2.30. The Morgan fingerprint density at radius 2 is 1.36 bits per heavy atom. The van der Waals surface area contributed by atoms with Crippen LogP contribution < -0.4 is 33.6 Å². The highest BCUT2D eigenvalue weighted by Gasteiger charge is 2.35. The lowest BCUT2D eigenvalue weighted by atomic mass is 9.97. The van der Waals surface area contributed by atoms with E-state index < -0.39 is 0 Å². The number of aromatic nitrogens is 2. The normalized spacial score (nSPS) is 15.4. The fourth-order valence-corrected chi connectivity index (χ4v) is 6.65. The van der Waals surface area contributed by atoms with Crippen LogP contribution in [0.1, 0.15) is 29.2 Å². The molecule has 7 rings (SSSR count). The minimum absolute atomic E-state index is 0.334. The number of hydrazone groups is 1. The molecule has 1 saturated heterocycles. The molecule has 1 fully saturated rings. The second-order valence-corrected chi connectivity index (χ2v) is 13.1. The Kier molecular flexibility index (Phi) is 10.6. The molecular formula is C40H37BrN6O6. The highest BCUT2D eigenvalue weighted by Crippen LogP contribution is 2.45. The molecule has 1 aromatic heterocycles. The van der Waals surface area contributed by atoms with Crippen molar-refractivity contribution in [1.29, 1.82) is 5.26 Å². The van der Waals surface area contributed by atoms with Crippen molar-refractivity contribution in [2.45, 2.75) is 12.5 Å². The van der Waals surface area contributed by atoms with Gasteiger partial charge in [-0.1, -0.05) is 15.9 Å². The number of rotatable bonds is 11. The van der Waals surface area contributed by atoms with Crippen molar-refractivity contribution >= 4 is 33.4 Å². The van der Waals surface area contributed by atoms with Crippen LogP contribution in [0.5, 0.6) is 34.5 Å². The van der Waals surface area contributed by atoms with Crippen LogP contribution >= 0.6 is 15.9 Å². The molecule has 0 bridgehead atoms. The number of methoxy groups -OCH3 is 4. The third-order valence-corrected chi connectivity index (χ3v) is 9.62. The summed E-state index contributed by atoms with van der Waals surface area (Å²) in [5.41, 5.74) is 4.17. The topological polar surface area (TPSA) is 124 Å². The van der Waals surface area contributed by atoms with Crippen LogP contribution in [0.15, 0.2) is 94.5 Å². The van der Waals surface area contributed by atoms with Gasteiger partial charge in [0.1, 0.15) is 28.9 Å². The molecule has 0 N–H and O–H groups in total. The predicted octanol–water partition coefficient (Wildman–Crippen LogP) is 7.80. The molecule has 13 heteroatoms. The molecule has 3 heterocycles. The maximum absolute atomic E-state index is 10.6. The van der Waals surface area contributed by atoms with E-state index in [4.69, 9.17) is 43.5 Å². The van der Waals surface area contributed by atoms with Gasteiger partial charge in [-0.15, -0.1) is 0 Å². The minimum Gasteiger partial charge on any atom is -0.497 e. The van der Waals surface area contributed by atoms with Crippen LogP contribution in [0.4, 0.5) is 11.8 Å². The van der Waals surface area contributed by atoms with Crippen LogP contribution in [-0.4, -0.2) is 70.4 Å². The van der Waals surface area contributed by atoms with E-state index in [1.165, 1.54) is 0 Å². The SMILES string of the molecule is COc1ccc(-c2nc(N3N=C(c4ccc(Oc5ccc(Br)cc5)cc4)CC3c3cc(OC)c(OC)c(OC)c3)nc(N3CCOCC3)c2C#N)cc1. The maximum Gasteiger partial charge on any atom is 0.249 e. The Morgan fingerprint density at radius 1 is 0.755 bits per heavy atom. The first-order chi connectivity index (χ1) is 25.9. The number of halogens is 1. The Labute approximate surface area is 316 Å². The number of benzene rings is 4. The van der Waals surface area contributed by atoms with Crippen molar-refractivity contribution in [3.63, 3.8) is 0 Å². The van der Waals surface area contributed by atoms with Crippen LogP contribution in [0.2, 0.25) is 0 Å². The highest BCUT2D eigenvalue weighted by atomic mass is 79.9. The number of nitrogens with zero attached hydrogens (tertiary/aromatic N) is 6. The van der Waals surface area contributed by atoms with Gasteiger partial charge in [0.2, 0.25) is 11.7 Å². The second kappa shape index (κ2) is 15.8. The molecule has 0 spiro atoms. The average molecular weight is 778 g/mol. The Hall–Kier alpha value is -5.84. The van der Waals surface area contributed by atoms with Gasteiger partial charge < -0.3 is 33.3 Å². The molecule has 0 saturated carbocycles. The minimum atomic E-state index is -0.383. The maximum atomic E-state index is 10.6. The summed E-state index contributed by atoms with van der Waals surface area (Å²) in [5.74, 6) is 4.48. The number of morpholine rings is 1. The monoisotopic (exact) mass is 776 g/mol. The van der Waals surface area contributed by atoms with E-state index in [-0.39, 0.29) is 6.04 Å². The first-order valence-corrected chi connectivity index (χ1v) is 17.7. The predicted molar refractivity (Wildman–Crippen MR) is 205 cm³/mol. The molecule has 2 aliphatic rings. The molecule has 4 aromatic carbocycles. The van der Waals surface area contributed by atoms with Crippen LogP contribution in [0.25, 0.3) is 11.3 Å². The van der Waals surface area contributed by atoms with Crippen LogP contribution in [-0.2, 0) is 4.74 Å². The number of hydrogen-bond donors (Lipinski definition) is 0. The lowest BCUT2D eigenvalue weighted by Crippen LogP contribution is -2.37. The standard InChI is InChI=1S/C40H37BrN6O6/c1-48-29-11-7-26(8-12-29)37-32(24-42)39(46-17-19-52-20-18-46)44-40(43-37)47-34(27-21-35(49-2)38(51-4)36(22-27)50-3)23-33(45-47)25-5-13-30(14-6-25)53-31-15-9-28(41)10-16-31/h5-16,21-22,34H,17-20,23H2,1-4H3. The smallest absolute Gasteiger partial charge is 0.249 e. The summed E-state index contributed by atoms with van der Waals surface area (Å²) in [5, 5.41) is 17.6. The molecule has 2 aliphatic heterocycles. The summed E-state index contributed by atoms with van der Waals surface area (Å²) in [6, 6.07) is 28.8. The zero-order valence-electron chi connectivity index (χ0n) is 29.7. The molecule has 1 unspecified atom stereocenters. The average Bonchev–Trinajstić information content (AvgIpc) is 3.67. The summed E-state index contributed by atoms with van der Waals surface area (Å²) in [6.07, 6.45) is 0.500. The molecule has 0 amide bonds. The fourth-order valence-electron chi connectivity index (χ4n) is 6.38. The van der Waals surface area contributed by atoms with E-state index in [1.807, 2.05) is 89.9 Å². The van der Waals surface area contributed by atoms with E-state index in [9.17, 15) is 5.26 Å². The van der Waals surface area contributed by atoms with Gasteiger partial charge in [-0.25, -0.2) is 9.99 Å². The highest BCUT2D eigenvalue weighted by molar-refractivity contribution is 9.10. The van der Waals surface area contributed by atoms with Crippen LogP contribution in [0, 0.1) is 11.3 Å². The third kappa shape index (κ3) is 7.42. The molecule has 1 atom stereocenters. The van der Waals surface area contributed by atoms with Gasteiger partial charge >= 0.3 is 0 Å². The van der Waals surface area contributed by atoms with Gasteiger partial charge in [-0.05, 0) is 96.1 Å². The molecule has 12 nitrogen and oxygen atoms in total. The van der Waals surface area contributed by atoms with Gasteiger partial charge in [-0.3, -0.25) is 0 Å². The van der Waals surface area contributed by atoms with Crippen LogP contribution in [0.3, 0.4) is 0 Å². The molecule has 5 aromatic rings. The first kappa shape index (κ1) is 35.6. The molecular weight excluding hydrogens is 740 g/mol. The van der Waals surface area contributed by atoms with Crippen molar-refractivity contribution in [2.24, 2.45) is 5.10 Å². The number of nitriles is 1. The number of ether oxygens (including phenoxy) is 6. The zero-order chi connectivity index (χ0) is 36.9. The van der Waals surface area contributed by atoms with Gasteiger partial charge in [0.15, 0.2) is 17.3 Å². The Balaban J connectivity index is 1.36. The zero-order valence-corrected chi connectivity index (χ0v) is 31.3. The largest absolute Gasteiger partial charge is 0.497 e. The fraction of sp³-hybridized carbons (Fsp3) is 0.250. The van der Waals surface area contributed by atoms with Gasteiger partial charge in [0.05, 0.1) is 59.1 Å². The van der Waals surface area contributed by atoms with E-state index in [0.717, 1.165) is 32.6 Å². The van der Waals surface area contributed by atoms with Crippen molar-refractivity contribution in [3.05, 3.63) is 106 Å². The summed E-state index contributed by atoms with van der Waals surface area (Å²) in [4.78, 5) is 12.2. The van der Waals surface area contributed by atoms with Crippen molar-refractivity contribution in [3.8, 4) is 51.8 Å². The Bertz CT molecular complexity index is 2120. The quantitative estimate of drug-likeness (QED) is 0.131. The molecule has 0 radical (unpaired) electrons. The van der Waals surface area contributed by atoms with E-state index in [0.29, 0.717) is 84.5 Å².